The Morgan fingerprint density at radius 3 is 2.05 bits per heavy atom. The van der Waals surface area contributed by atoms with Crippen molar-refractivity contribution in [2.24, 2.45) is 11.7 Å². The first kappa shape index (κ1) is 31.4. The van der Waals surface area contributed by atoms with Crippen LogP contribution in [-0.2, 0) is 20.0 Å². The SMILES string of the molecule is Cc1ccc([C@@](O)(C(N)=O)C(F)(F)F)cc1-c1cnc(N)c(N2CCN(C(=O)C3CC3)CC2)n1.O=C(O)C(F)(F)F. The van der Waals surface area contributed by atoms with E-state index in [-0.39, 0.29) is 28.9 Å². The van der Waals surface area contributed by atoms with Gasteiger partial charge in [-0.1, -0.05) is 12.1 Å². The van der Waals surface area contributed by atoms with Crippen LogP contribution in [0.3, 0.4) is 0 Å². The summed E-state index contributed by atoms with van der Waals surface area (Å²) in [7, 11) is 0. The molecule has 17 heteroatoms. The molecule has 0 radical (unpaired) electrons. The Balaban J connectivity index is 0.000000587. The average Bonchev–Trinajstić information content (AvgIpc) is 3.73. The maximum Gasteiger partial charge on any atom is 0.490 e. The highest BCUT2D eigenvalue weighted by Gasteiger charge is 2.60. The number of primary amides is 1. The Bertz CT molecular complexity index is 1330. The molecule has 0 unspecified atom stereocenters. The van der Waals surface area contributed by atoms with Crippen LogP contribution in [0.2, 0.25) is 0 Å². The Morgan fingerprint density at radius 2 is 1.59 bits per heavy atom. The van der Waals surface area contributed by atoms with E-state index in [0.29, 0.717) is 37.6 Å². The molecule has 0 spiro atoms. The highest BCUT2D eigenvalue weighted by atomic mass is 19.4. The Kier molecular flexibility index (Phi) is 8.71. The van der Waals surface area contributed by atoms with Crippen molar-refractivity contribution in [3.8, 4) is 11.3 Å². The number of piperazine rings is 1. The quantitative estimate of drug-likeness (QED) is 0.378. The highest BCUT2D eigenvalue weighted by molar-refractivity contribution is 5.86. The Hall–Kier alpha value is -4.15. The van der Waals surface area contributed by atoms with Gasteiger partial charge in [-0.3, -0.25) is 9.59 Å². The number of carbonyl (C=O) groups is 3. The van der Waals surface area contributed by atoms with Crippen LogP contribution in [0, 0.1) is 12.8 Å². The fourth-order valence-corrected chi connectivity index (χ4v) is 4.05. The van der Waals surface area contributed by atoms with Gasteiger partial charge < -0.3 is 31.5 Å². The Labute approximate surface area is 228 Å². The van der Waals surface area contributed by atoms with Gasteiger partial charge in [-0.15, -0.1) is 0 Å². The molecular weight excluding hydrogens is 566 g/mol. The van der Waals surface area contributed by atoms with E-state index in [9.17, 15) is 41.0 Å². The number of aromatic nitrogens is 2. The van der Waals surface area contributed by atoms with E-state index in [2.05, 4.69) is 9.97 Å². The summed E-state index contributed by atoms with van der Waals surface area (Å²) in [5.74, 6) is -3.91. The molecule has 1 saturated heterocycles. The van der Waals surface area contributed by atoms with Crippen molar-refractivity contribution in [1.29, 1.82) is 0 Å². The summed E-state index contributed by atoms with van der Waals surface area (Å²) >= 11 is 0. The number of aryl methyl sites for hydroxylation is 1. The molecule has 11 nitrogen and oxygen atoms in total. The second-order valence-electron chi connectivity index (χ2n) is 9.46. The second-order valence-corrected chi connectivity index (χ2v) is 9.46. The number of hydrogen-bond acceptors (Lipinski definition) is 8. The second kappa shape index (κ2) is 11.4. The van der Waals surface area contributed by atoms with Crippen LogP contribution in [0.1, 0.15) is 24.0 Å². The Morgan fingerprint density at radius 1 is 1.02 bits per heavy atom. The summed E-state index contributed by atoms with van der Waals surface area (Å²) in [5.41, 5.74) is 7.38. The van der Waals surface area contributed by atoms with E-state index in [0.717, 1.165) is 25.0 Å². The monoisotopic (exact) mass is 592 g/mol. The first-order valence-corrected chi connectivity index (χ1v) is 12.0. The lowest BCUT2D eigenvalue weighted by Gasteiger charge is -2.36. The summed E-state index contributed by atoms with van der Waals surface area (Å²) < 4.78 is 72.4. The number of carbonyl (C=O) groups excluding carboxylic acids is 2. The molecule has 41 heavy (non-hydrogen) atoms. The predicted molar refractivity (Wildman–Crippen MR) is 131 cm³/mol. The zero-order chi connectivity index (χ0) is 30.9. The summed E-state index contributed by atoms with van der Waals surface area (Å²) in [6, 6.07) is 3.37. The number of aliphatic carboxylic acids is 1. The minimum Gasteiger partial charge on any atom is -0.475 e. The molecule has 4 rings (SSSR count). The number of halogens is 6. The molecule has 1 atom stereocenters. The number of nitrogen functional groups attached to an aromatic ring is 1. The third kappa shape index (κ3) is 6.78. The van der Waals surface area contributed by atoms with Gasteiger partial charge in [-0.2, -0.15) is 26.3 Å². The van der Waals surface area contributed by atoms with Gasteiger partial charge in [0.1, 0.15) is 0 Å². The van der Waals surface area contributed by atoms with Crippen LogP contribution in [0.5, 0.6) is 0 Å². The third-order valence-electron chi connectivity index (χ3n) is 6.54. The molecule has 2 aliphatic rings. The topological polar surface area (TPSA) is 176 Å². The van der Waals surface area contributed by atoms with Gasteiger partial charge in [0.25, 0.3) is 11.5 Å². The van der Waals surface area contributed by atoms with E-state index in [1.54, 1.807) is 6.92 Å². The van der Waals surface area contributed by atoms with Crippen LogP contribution in [-0.4, -0.2) is 81.4 Å². The van der Waals surface area contributed by atoms with Crippen molar-refractivity contribution in [2.75, 3.05) is 36.8 Å². The number of carboxylic acid groups (broad SMARTS) is 1. The first-order chi connectivity index (χ1) is 18.9. The first-order valence-electron chi connectivity index (χ1n) is 12.0. The largest absolute Gasteiger partial charge is 0.490 e. The van der Waals surface area contributed by atoms with Crippen molar-refractivity contribution in [1.82, 2.24) is 14.9 Å². The summed E-state index contributed by atoms with van der Waals surface area (Å²) in [6.45, 7) is 3.62. The van der Waals surface area contributed by atoms with E-state index in [4.69, 9.17) is 21.4 Å². The number of nitrogens with zero attached hydrogens (tertiary/aromatic N) is 4. The zero-order valence-corrected chi connectivity index (χ0v) is 21.5. The minimum atomic E-state index is -5.32. The maximum atomic E-state index is 13.5. The molecule has 1 saturated carbocycles. The smallest absolute Gasteiger partial charge is 0.475 e. The molecule has 2 aromatic rings. The van der Waals surface area contributed by atoms with Gasteiger partial charge in [0, 0.05) is 43.2 Å². The molecule has 2 fully saturated rings. The molecule has 2 heterocycles. The molecule has 1 aromatic heterocycles. The number of benzene rings is 1. The van der Waals surface area contributed by atoms with Crippen LogP contribution < -0.4 is 16.4 Å². The van der Waals surface area contributed by atoms with E-state index in [1.807, 2.05) is 9.80 Å². The van der Waals surface area contributed by atoms with Crippen molar-refractivity contribution >= 4 is 29.4 Å². The molecule has 1 aromatic carbocycles. The fourth-order valence-electron chi connectivity index (χ4n) is 4.05. The normalized spacial score (nSPS) is 17.3. The summed E-state index contributed by atoms with van der Waals surface area (Å²) in [4.78, 5) is 45.2. The van der Waals surface area contributed by atoms with Gasteiger partial charge >= 0.3 is 18.3 Å². The number of rotatable bonds is 5. The number of aliphatic hydroxyl groups is 1. The number of hydrogen-bond donors (Lipinski definition) is 4. The van der Waals surface area contributed by atoms with Gasteiger partial charge in [-0.05, 0) is 31.4 Å². The highest BCUT2D eigenvalue weighted by Crippen LogP contribution is 2.40. The van der Waals surface area contributed by atoms with Gasteiger partial charge in [-0.25, -0.2) is 14.8 Å². The standard InChI is InChI=1S/C22H25F3N6O3.C2HF3O2/c1-12-2-5-14(21(34,20(27)33)22(23,24)25)10-15(12)16-11-28-17(26)18(29-16)30-6-8-31(9-7-30)19(32)13-3-4-13;3-2(4,5)1(6)7/h2,5,10-11,13,34H,3-4,6-9H2,1H3,(H2,26,28)(H2,27,33);(H,6,7)/t21-;/m1./s1. The lowest BCUT2D eigenvalue weighted by Crippen LogP contribution is -2.52. The fraction of sp³-hybridized carbons (Fsp3) is 0.458. The van der Waals surface area contributed by atoms with Crippen LogP contribution in [0.15, 0.2) is 24.4 Å². The number of carboxylic acids is 1. The van der Waals surface area contributed by atoms with E-state index >= 15 is 0 Å². The minimum absolute atomic E-state index is 0.130. The van der Waals surface area contributed by atoms with Gasteiger partial charge in [0.05, 0.1) is 11.9 Å². The molecule has 1 aliphatic heterocycles. The zero-order valence-electron chi connectivity index (χ0n) is 21.5. The van der Waals surface area contributed by atoms with Gasteiger partial charge in [0.2, 0.25) is 5.91 Å². The number of amides is 2. The van der Waals surface area contributed by atoms with Crippen LogP contribution in [0.25, 0.3) is 11.3 Å². The van der Waals surface area contributed by atoms with Crippen LogP contribution in [0.4, 0.5) is 38.0 Å². The predicted octanol–water partition coefficient (Wildman–Crippen LogP) is 1.96. The van der Waals surface area contributed by atoms with Crippen molar-refractivity contribution in [3.05, 3.63) is 35.5 Å². The lowest BCUT2D eigenvalue weighted by molar-refractivity contribution is -0.255. The molecule has 224 valence electrons. The molecule has 0 bridgehead atoms. The molecular formula is C24H26F6N6O5. The summed E-state index contributed by atoms with van der Waals surface area (Å²) in [6.07, 6.45) is -7.23. The number of anilines is 2. The summed E-state index contributed by atoms with van der Waals surface area (Å²) in [5, 5.41) is 17.3. The van der Waals surface area contributed by atoms with E-state index in [1.165, 1.54) is 12.3 Å². The lowest BCUT2D eigenvalue weighted by atomic mass is 9.89. The van der Waals surface area contributed by atoms with Crippen molar-refractivity contribution in [3.63, 3.8) is 0 Å². The number of nitrogens with two attached hydrogens (primary N) is 2. The van der Waals surface area contributed by atoms with E-state index < -0.39 is 35.4 Å². The maximum absolute atomic E-state index is 13.5. The average molecular weight is 592 g/mol. The third-order valence-corrected chi connectivity index (χ3v) is 6.54. The number of alkyl halides is 6. The van der Waals surface area contributed by atoms with Gasteiger partial charge in [0.15, 0.2) is 11.6 Å². The van der Waals surface area contributed by atoms with Crippen molar-refractivity contribution < 1.29 is 50.9 Å². The molecule has 6 N–H and O–H groups in total. The van der Waals surface area contributed by atoms with Crippen molar-refractivity contribution in [2.45, 2.75) is 37.7 Å². The van der Waals surface area contributed by atoms with Crippen LogP contribution >= 0.6 is 0 Å². The molecule has 2 amide bonds. The molecule has 1 aliphatic carbocycles.